The Morgan fingerprint density at radius 1 is 1.21 bits per heavy atom. The van der Waals surface area contributed by atoms with E-state index in [1.165, 1.54) is 0 Å². The van der Waals surface area contributed by atoms with Gasteiger partial charge < -0.3 is 5.32 Å². The van der Waals surface area contributed by atoms with Crippen LogP contribution in [0.5, 0.6) is 0 Å². The maximum absolute atomic E-state index is 12.4. The highest BCUT2D eigenvalue weighted by atomic mass is 32.1. The van der Waals surface area contributed by atoms with Crippen LogP contribution in [0.2, 0.25) is 0 Å². The van der Waals surface area contributed by atoms with E-state index < -0.39 is 0 Å². The van der Waals surface area contributed by atoms with Crippen molar-refractivity contribution >= 4 is 29.0 Å². The van der Waals surface area contributed by atoms with Crippen LogP contribution in [-0.2, 0) is 0 Å². The first-order valence-electron chi connectivity index (χ1n) is 6.35. The highest BCUT2D eigenvalue weighted by Crippen LogP contribution is 2.20. The van der Waals surface area contributed by atoms with E-state index in [9.17, 15) is 4.79 Å². The van der Waals surface area contributed by atoms with E-state index in [1.807, 2.05) is 51.1 Å². The molecular formula is C14H19N3OS. The molecule has 102 valence electrons. The Kier molecular flexibility index (Phi) is 3.75. The van der Waals surface area contributed by atoms with Gasteiger partial charge in [-0.3, -0.25) is 9.80 Å². The number of thiocarbonyl (C=S) groups is 1. The number of amides is 2. The highest BCUT2D eigenvalue weighted by Gasteiger charge is 2.33. The molecule has 0 aliphatic carbocycles. The molecule has 1 N–H and O–H groups in total. The van der Waals surface area contributed by atoms with Crippen LogP contribution in [0.4, 0.5) is 10.5 Å². The first-order chi connectivity index (χ1) is 8.88. The molecule has 19 heavy (non-hydrogen) atoms. The summed E-state index contributed by atoms with van der Waals surface area (Å²) in [6.45, 7) is 7.35. The van der Waals surface area contributed by atoms with E-state index in [4.69, 9.17) is 12.2 Å². The molecule has 5 heteroatoms. The second-order valence-electron chi connectivity index (χ2n) is 5.60. The van der Waals surface area contributed by atoms with Gasteiger partial charge in [-0.05, 0) is 45.1 Å². The van der Waals surface area contributed by atoms with Gasteiger partial charge >= 0.3 is 6.03 Å². The highest BCUT2D eigenvalue weighted by molar-refractivity contribution is 7.80. The Bertz CT molecular complexity index is 481. The summed E-state index contributed by atoms with van der Waals surface area (Å²) >= 11 is 5.31. The number of nitrogens with zero attached hydrogens (tertiary/aromatic N) is 2. The number of carbonyl (C=O) groups is 1. The number of hydrogen-bond donors (Lipinski definition) is 1. The molecule has 1 aromatic carbocycles. The third-order valence-electron chi connectivity index (χ3n) is 2.80. The Balaban J connectivity index is 2.08. The molecule has 0 aromatic heterocycles. The lowest BCUT2D eigenvalue weighted by Crippen LogP contribution is -2.49. The molecule has 0 radical (unpaired) electrons. The van der Waals surface area contributed by atoms with Gasteiger partial charge in [-0.15, -0.1) is 0 Å². The monoisotopic (exact) mass is 277 g/mol. The lowest BCUT2D eigenvalue weighted by molar-refractivity contribution is 0.237. The fourth-order valence-electron chi connectivity index (χ4n) is 1.96. The molecule has 1 saturated heterocycles. The van der Waals surface area contributed by atoms with Gasteiger partial charge in [0.1, 0.15) is 0 Å². The molecule has 0 unspecified atom stereocenters. The minimum absolute atomic E-state index is 0.0621. The number of rotatable bonds is 1. The standard InChI is InChI=1S/C14H19N3OS/c1-14(2,3)15-12(19)17-10-9-16(13(17)18)11-7-5-4-6-8-11/h4-8H,9-10H2,1-3H3,(H,15,19). The van der Waals surface area contributed by atoms with E-state index in [0.717, 1.165) is 5.69 Å². The third-order valence-corrected chi connectivity index (χ3v) is 3.13. The first kappa shape index (κ1) is 13.8. The van der Waals surface area contributed by atoms with Gasteiger partial charge in [0.25, 0.3) is 0 Å². The Morgan fingerprint density at radius 2 is 1.84 bits per heavy atom. The van der Waals surface area contributed by atoms with Crippen LogP contribution in [0.1, 0.15) is 20.8 Å². The fraction of sp³-hybridized carbons (Fsp3) is 0.429. The van der Waals surface area contributed by atoms with Crippen molar-refractivity contribution in [2.24, 2.45) is 0 Å². The summed E-state index contributed by atoms with van der Waals surface area (Å²) in [6.07, 6.45) is 0. The number of nitrogens with one attached hydrogen (secondary N) is 1. The second kappa shape index (κ2) is 5.17. The number of anilines is 1. The van der Waals surface area contributed by atoms with Crippen LogP contribution in [0, 0.1) is 0 Å². The summed E-state index contributed by atoms with van der Waals surface area (Å²) in [5.41, 5.74) is 0.769. The Morgan fingerprint density at radius 3 is 2.42 bits per heavy atom. The maximum Gasteiger partial charge on any atom is 0.330 e. The van der Waals surface area contributed by atoms with Gasteiger partial charge in [0.05, 0.1) is 0 Å². The molecule has 1 aliphatic rings. The largest absolute Gasteiger partial charge is 0.358 e. The van der Waals surface area contributed by atoms with Crippen molar-refractivity contribution in [3.05, 3.63) is 30.3 Å². The number of urea groups is 1. The molecular weight excluding hydrogens is 258 g/mol. The van der Waals surface area contributed by atoms with Gasteiger partial charge in [-0.1, -0.05) is 18.2 Å². The number of hydrogen-bond acceptors (Lipinski definition) is 2. The normalized spacial score (nSPS) is 15.8. The zero-order valence-corrected chi connectivity index (χ0v) is 12.3. The molecule has 2 rings (SSSR count). The van der Waals surface area contributed by atoms with Crippen LogP contribution < -0.4 is 10.2 Å². The quantitative estimate of drug-likeness (QED) is 0.802. The average Bonchev–Trinajstić information content (AvgIpc) is 2.70. The number of carbonyl (C=O) groups excluding carboxylic acids is 1. The lowest BCUT2D eigenvalue weighted by atomic mass is 10.1. The van der Waals surface area contributed by atoms with Crippen LogP contribution >= 0.6 is 12.2 Å². The summed E-state index contributed by atoms with van der Waals surface area (Å²) in [5, 5.41) is 3.67. The molecule has 0 atom stereocenters. The van der Waals surface area contributed by atoms with Crippen molar-refractivity contribution < 1.29 is 4.79 Å². The van der Waals surface area contributed by atoms with E-state index in [2.05, 4.69) is 5.32 Å². The third kappa shape index (κ3) is 3.23. The van der Waals surface area contributed by atoms with Crippen molar-refractivity contribution in [1.82, 2.24) is 10.2 Å². The minimum atomic E-state index is -0.141. The van der Waals surface area contributed by atoms with E-state index >= 15 is 0 Å². The average molecular weight is 277 g/mol. The van der Waals surface area contributed by atoms with Gasteiger partial charge in [0.15, 0.2) is 5.11 Å². The van der Waals surface area contributed by atoms with Crippen molar-refractivity contribution in [2.45, 2.75) is 26.3 Å². The predicted molar refractivity (Wildman–Crippen MR) is 81.4 cm³/mol. The van der Waals surface area contributed by atoms with Crippen molar-refractivity contribution in [1.29, 1.82) is 0 Å². The van der Waals surface area contributed by atoms with E-state index in [0.29, 0.717) is 18.2 Å². The lowest BCUT2D eigenvalue weighted by Gasteiger charge is -2.27. The summed E-state index contributed by atoms with van der Waals surface area (Å²) in [4.78, 5) is 15.7. The van der Waals surface area contributed by atoms with Crippen LogP contribution in [0.25, 0.3) is 0 Å². The summed E-state index contributed by atoms with van der Waals surface area (Å²) in [7, 11) is 0. The zero-order chi connectivity index (χ0) is 14.0. The molecule has 1 aromatic rings. The van der Waals surface area contributed by atoms with Crippen LogP contribution in [-0.4, -0.2) is 34.7 Å². The topological polar surface area (TPSA) is 35.6 Å². The van der Waals surface area contributed by atoms with E-state index in [-0.39, 0.29) is 11.6 Å². The van der Waals surface area contributed by atoms with Crippen molar-refractivity contribution in [3.63, 3.8) is 0 Å². The molecule has 1 heterocycles. The Hall–Kier alpha value is -1.62. The predicted octanol–water partition coefficient (Wildman–Crippen LogP) is 2.60. The molecule has 4 nitrogen and oxygen atoms in total. The SMILES string of the molecule is CC(C)(C)NC(=S)N1CCN(c2ccccc2)C1=O. The molecule has 0 saturated carbocycles. The summed E-state index contributed by atoms with van der Waals surface area (Å²) < 4.78 is 0. The summed E-state index contributed by atoms with van der Waals surface area (Å²) in [5.74, 6) is 0. The number of benzene rings is 1. The molecule has 0 spiro atoms. The van der Waals surface area contributed by atoms with Gasteiger partial charge in [-0.25, -0.2) is 4.79 Å². The van der Waals surface area contributed by atoms with Crippen molar-refractivity contribution in [3.8, 4) is 0 Å². The minimum Gasteiger partial charge on any atom is -0.358 e. The second-order valence-corrected chi connectivity index (χ2v) is 5.99. The summed E-state index contributed by atoms with van der Waals surface area (Å²) in [6, 6.07) is 9.60. The zero-order valence-electron chi connectivity index (χ0n) is 11.5. The first-order valence-corrected chi connectivity index (χ1v) is 6.75. The smallest absolute Gasteiger partial charge is 0.330 e. The number of para-hydroxylation sites is 1. The molecule has 1 aliphatic heterocycles. The molecule has 2 amide bonds. The van der Waals surface area contributed by atoms with Crippen molar-refractivity contribution in [2.75, 3.05) is 18.0 Å². The fourth-order valence-corrected chi connectivity index (χ4v) is 2.44. The Labute approximate surface area is 119 Å². The van der Waals surface area contributed by atoms with Gasteiger partial charge in [0.2, 0.25) is 0 Å². The van der Waals surface area contributed by atoms with Gasteiger partial charge in [0, 0.05) is 24.3 Å². The maximum atomic E-state index is 12.4. The van der Waals surface area contributed by atoms with E-state index in [1.54, 1.807) is 9.80 Å². The van der Waals surface area contributed by atoms with Gasteiger partial charge in [-0.2, -0.15) is 0 Å². The molecule has 1 fully saturated rings. The van der Waals surface area contributed by atoms with Crippen LogP contribution in [0.3, 0.4) is 0 Å². The van der Waals surface area contributed by atoms with Crippen LogP contribution in [0.15, 0.2) is 30.3 Å². The molecule has 0 bridgehead atoms.